The lowest BCUT2D eigenvalue weighted by molar-refractivity contribution is 0.394. The summed E-state index contributed by atoms with van der Waals surface area (Å²) in [5.74, 6) is 0.661. The minimum Gasteiger partial charge on any atom is -0.497 e. The third kappa shape index (κ3) is 2.64. The van der Waals surface area contributed by atoms with Crippen LogP contribution in [-0.4, -0.2) is 31.4 Å². The van der Waals surface area contributed by atoms with Crippen molar-refractivity contribution in [2.45, 2.75) is 30.7 Å². The van der Waals surface area contributed by atoms with Gasteiger partial charge in [-0.25, -0.2) is 13.4 Å². The number of sulfonamides is 1. The summed E-state index contributed by atoms with van der Waals surface area (Å²) in [6.07, 6.45) is 3.41. The molecule has 2 aromatic rings. The van der Waals surface area contributed by atoms with Crippen LogP contribution in [0.2, 0.25) is 0 Å². The van der Waals surface area contributed by atoms with Crippen molar-refractivity contribution in [1.82, 2.24) is 9.29 Å². The predicted molar refractivity (Wildman–Crippen MR) is 85.7 cm³/mol. The van der Waals surface area contributed by atoms with Crippen LogP contribution in [0, 0.1) is 6.92 Å². The van der Waals surface area contributed by atoms with E-state index in [-0.39, 0.29) is 6.04 Å². The summed E-state index contributed by atoms with van der Waals surface area (Å²) in [4.78, 5) is 4.64. The Morgan fingerprint density at radius 1 is 1.41 bits per heavy atom. The maximum Gasteiger partial charge on any atom is 0.243 e. The fraction of sp³-hybridized carbons (Fsp3) is 0.400. The fourth-order valence-corrected chi connectivity index (χ4v) is 5.56. The first kappa shape index (κ1) is 15.5. The monoisotopic (exact) mass is 338 g/mol. The molecule has 1 aromatic heterocycles. The molecule has 1 aliphatic heterocycles. The van der Waals surface area contributed by atoms with Gasteiger partial charge in [0.2, 0.25) is 10.0 Å². The first-order valence-electron chi connectivity index (χ1n) is 7.10. The molecule has 1 unspecified atom stereocenters. The smallest absolute Gasteiger partial charge is 0.243 e. The molecule has 1 saturated heterocycles. The van der Waals surface area contributed by atoms with Gasteiger partial charge in [-0.3, -0.25) is 0 Å². The van der Waals surface area contributed by atoms with Crippen LogP contribution in [0.15, 0.2) is 34.7 Å². The summed E-state index contributed by atoms with van der Waals surface area (Å²) in [6.45, 7) is 2.34. The SMILES string of the molecule is COc1ccc(S(=O)(=O)N2CCCC2c2nccs2)c(C)c1. The topological polar surface area (TPSA) is 59.5 Å². The Labute approximate surface area is 134 Å². The summed E-state index contributed by atoms with van der Waals surface area (Å²) >= 11 is 1.51. The molecule has 0 radical (unpaired) electrons. The maximum absolute atomic E-state index is 13.0. The average Bonchev–Trinajstić information content (AvgIpc) is 3.17. The molecular formula is C15H18N2O3S2. The summed E-state index contributed by atoms with van der Waals surface area (Å²) in [6, 6.07) is 4.92. The van der Waals surface area contributed by atoms with Gasteiger partial charge in [0.15, 0.2) is 0 Å². The summed E-state index contributed by atoms with van der Waals surface area (Å²) < 4.78 is 32.8. The van der Waals surface area contributed by atoms with Crippen molar-refractivity contribution in [2.24, 2.45) is 0 Å². The molecule has 5 nitrogen and oxygen atoms in total. The number of aromatic nitrogens is 1. The number of ether oxygens (including phenoxy) is 1. The highest BCUT2D eigenvalue weighted by atomic mass is 32.2. The van der Waals surface area contributed by atoms with Crippen LogP contribution in [0.1, 0.15) is 29.5 Å². The molecule has 1 aliphatic rings. The van der Waals surface area contributed by atoms with Gasteiger partial charge in [-0.2, -0.15) is 4.31 Å². The first-order valence-corrected chi connectivity index (χ1v) is 9.42. The number of hydrogen-bond donors (Lipinski definition) is 0. The van der Waals surface area contributed by atoms with E-state index in [1.807, 2.05) is 5.38 Å². The Hall–Kier alpha value is -1.44. The minimum atomic E-state index is -3.53. The van der Waals surface area contributed by atoms with Crippen molar-refractivity contribution in [3.8, 4) is 5.75 Å². The fourth-order valence-electron chi connectivity index (χ4n) is 2.84. The lowest BCUT2D eigenvalue weighted by Gasteiger charge is -2.23. The van der Waals surface area contributed by atoms with E-state index >= 15 is 0 Å². The van der Waals surface area contributed by atoms with Gasteiger partial charge >= 0.3 is 0 Å². The number of nitrogens with zero attached hydrogens (tertiary/aromatic N) is 2. The van der Waals surface area contributed by atoms with Gasteiger partial charge in [-0.15, -0.1) is 11.3 Å². The summed E-state index contributed by atoms with van der Waals surface area (Å²) in [7, 11) is -1.95. The van der Waals surface area contributed by atoms with Gasteiger partial charge in [0.05, 0.1) is 18.0 Å². The van der Waals surface area contributed by atoms with Crippen LogP contribution in [0.4, 0.5) is 0 Å². The third-order valence-corrected chi connectivity index (χ3v) is 6.85. The zero-order valence-corrected chi connectivity index (χ0v) is 14.2. The largest absolute Gasteiger partial charge is 0.497 e. The highest BCUT2D eigenvalue weighted by molar-refractivity contribution is 7.89. The van der Waals surface area contributed by atoms with Crippen LogP contribution in [-0.2, 0) is 10.0 Å². The zero-order valence-electron chi connectivity index (χ0n) is 12.5. The minimum absolute atomic E-state index is 0.147. The molecule has 1 fully saturated rings. The van der Waals surface area contributed by atoms with Gasteiger partial charge in [0.1, 0.15) is 10.8 Å². The van der Waals surface area contributed by atoms with Gasteiger partial charge in [0, 0.05) is 18.1 Å². The number of thiazole rings is 1. The van der Waals surface area contributed by atoms with Gasteiger partial charge in [-0.05, 0) is 43.5 Å². The van der Waals surface area contributed by atoms with E-state index in [9.17, 15) is 8.42 Å². The molecule has 7 heteroatoms. The van der Waals surface area contributed by atoms with Crippen LogP contribution in [0.5, 0.6) is 5.75 Å². The van der Waals surface area contributed by atoms with Crippen LogP contribution in [0.3, 0.4) is 0 Å². The van der Waals surface area contributed by atoms with Gasteiger partial charge < -0.3 is 4.74 Å². The molecule has 1 atom stereocenters. The third-order valence-electron chi connectivity index (χ3n) is 3.91. The number of aryl methyl sites for hydroxylation is 1. The molecule has 118 valence electrons. The molecule has 0 aliphatic carbocycles. The molecule has 0 spiro atoms. The lowest BCUT2D eigenvalue weighted by Crippen LogP contribution is -2.31. The van der Waals surface area contributed by atoms with Crippen LogP contribution in [0.25, 0.3) is 0 Å². The lowest BCUT2D eigenvalue weighted by atomic mass is 10.2. The number of methoxy groups -OCH3 is 1. The molecule has 3 rings (SSSR count). The number of hydrogen-bond acceptors (Lipinski definition) is 5. The second-order valence-corrected chi connectivity index (χ2v) is 8.06. The Kier molecular flexibility index (Phi) is 4.20. The highest BCUT2D eigenvalue weighted by Gasteiger charge is 2.38. The maximum atomic E-state index is 13.0. The Morgan fingerprint density at radius 2 is 2.23 bits per heavy atom. The second kappa shape index (κ2) is 5.98. The molecule has 0 saturated carbocycles. The molecule has 0 bridgehead atoms. The molecule has 2 heterocycles. The Morgan fingerprint density at radius 3 is 2.86 bits per heavy atom. The van der Waals surface area contributed by atoms with E-state index in [0.29, 0.717) is 22.8 Å². The molecule has 1 aromatic carbocycles. The second-order valence-electron chi connectivity index (χ2n) is 5.28. The summed E-state index contributed by atoms with van der Waals surface area (Å²) in [5, 5.41) is 2.75. The van der Waals surface area contributed by atoms with E-state index in [4.69, 9.17) is 4.74 Å². The van der Waals surface area contributed by atoms with Crippen LogP contribution >= 0.6 is 11.3 Å². The molecule has 0 N–H and O–H groups in total. The van der Waals surface area contributed by atoms with Crippen molar-refractivity contribution in [3.05, 3.63) is 40.3 Å². The van der Waals surface area contributed by atoms with Crippen LogP contribution < -0.4 is 4.74 Å². The van der Waals surface area contributed by atoms with Crippen molar-refractivity contribution in [2.75, 3.05) is 13.7 Å². The van der Waals surface area contributed by atoms with E-state index in [1.165, 1.54) is 11.3 Å². The zero-order chi connectivity index (χ0) is 15.7. The van der Waals surface area contributed by atoms with Crippen molar-refractivity contribution in [3.63, 3.8) is 0 Å². The summed E-state index contributed by atoms with van der Waals surface area (Å²) in [5.41, 5.74) is 0.698. The van der Waals surface area contributed by atoms with Crippen molar-refractivity contribution >= 4 is 21.4 Å². The predicted octanol–water partition coefficient (Wildman–Crippen LogP) is 2.99. The highest BCUT2D eigenvalue weighted by Crippen LogP contribution is 2.38. The Bertz CT molecular complexity index is 757. The normalized spacial score (nSPS) is 19.5. The first-order chi connectivity index (χ1) is 10.5. The van der Waals surface area contributed by atoms with E-state index in [2.05, 4.69) is 4.98 Å². The van der Waals surface area contributed by atoms with E-state index in [1.54, 1.807) is 42.7 Å². The van der Waals surface area contributed by atoms with Gasteiger partial charge in [0.25, 0.3) is 0 Å². The van der Waals surface area contributed by atoms with Crippen molar-refractivity contribution in [1.29, 1.82) is 0 Å². The van der Waals surface area contributed by atoms with E-state index < -0.39 is 10.0 Å². The molecule has 22 heavy (non-hydrogen) atoms. The molecule has 0 amide bonds. The Balaban J connectivity index is 1.99. The number of rotatable bonds is 4. The van der Waals surface area contributed by atoms with Gasteiger partial charge in [-0.1, -0.05) is 0 Å². The molecular weight excluding hydrogens is 320 g/mol. The quantitative estimate of drug-likeness (QED) is 0.860. The standard InChI is InChI=1S/C15H18N2O3S2/c1-11-10-12(20-2)5-6-14(11)22(18,19)17-8-3-4-13(17)15-16-7-9-21-15/h5-7,9-10,13H,3-4,8H2,1-2H3. The average molecular weight is 338 g/mol. The number of benzene rings is 1. The van der Waals surface area contributed by atoms with Crippen molar-refractivity contribution < 1.29 is 13.2 Å². The van der Waals surface area contributed by atoms with E-state index in [0.717, 1.165) is 17.8 Å².